The van der Waals surface area contributed by atoms with E-state index in [4.69, 9.17) is 15.2 Å². The molecule has 2 aromatic heterocycles. The highest BCUT2D eigenvalue weighted by molar-refractivity contribution is 5.77. The van der Waals surface area contributed by atoms with E-state index in [1.54, 1.807) is 4.90 Å². The largest absolute Gasteiger partial charge is 0.417 e. The molecule has 1 aliphatic heterocycles. The van der Waals surface area contributed by atoms with E-state index in [-0.39, 0.29) is 34.8 Å². The number of ether oxygens (including phenoxy) is 2. The number of esters is 1. The van der Waals surface area contributed by atoms with E-state index in [2.05, 4.69) is 15.0 Å². The first-order valence-corrected chi connectivity index (χ1v) is 9.08. The lowest BCUT2D eigenvalue weighted by Crippen LogP contribution is -2.37. The van der Waals surface area contributed by atoms with E-state index in [1.165, 1.54) is 6.07 Å². The standard InChI is InChI=1S/C18H18F3N5O3/c19-18(20,21)12-7-14(22)23-9-11(12)13-8-15(29-16(27)10-1-2-10)25-17(24-13)26-3-5-28-6-4-26/h7-10H,1-6H2,(H2,22,23). The van der Waals surface area contributed by atoms with Crippen LogP contribution in [0.4, 0.5) is 24.9 Å². The lowest BCUT2D eigenvalue weighted by Gasteiger charge is -2.27. The van der Waals surface area contributed by atoms with E-state index in [1.807, 2.05) is 0 Å². The second-order valence-corrected chi connectivity index (χ2v) is 6.84. The molecule has 0 aromatic carbocycles. The van der Waals surface area contributed by atoms with Crippen LogP contribution in [0.3, 0.4) is 0 Å². The molecule has 29 heavy (non-hydrogen) atoms. The average Bonchev–Trinajstić information content (AvgIpc) is 3.53. The van der Waals surface area contributed by atoms with E-state index >= 15 is 0 Å². The molecule has 1 aliphatic carbocycles. The highest BCUT2D eigenvalue weighted by atomic mass is 19.4. The van der Waals surface area contributed by atoms with Gasteiger partial charge in [0.25, 0.3) is 0 Å². The van der Waals surface area contributed by atoms with Gasteiger partial charge in [-0.2, -0.15) is 18.2 Å². The van der Waals surface area contributed by atoms with Crippen LogP contribution in [0.15, 0.2) is 18.3 Å². The molecular formula is C18H18F3N5O3. The van der Waals surface area contributed by atoms with Gasteiger partial charge in [-0.3, -0.25) is 4.79 Å². The van der Waals surface area contributed by atoms with Gasteiger partial charge in [0.05, 0.1) is 30.4 Å². The van der Waals surface area contributed by atoms with Crippen molar-refractivity contribution in [3.05, 3.63) is 23.9 Å². The first-order chi connectivity index (χ1) is 13.8. The van der Waals surface area contributed by atoms with Crippen molar-refractivity contribution in [1.82, 2.24) is 15.0 Å². The molecule has 4 rings (SSSR count). The van der Waals surface area contributed by atoms with Crippen molar-refractivity contribution in [3.63, 3.8) is 0 Å². The predicted octanol–water partition coefficient (Wildman–Crippen LogP) is 2.29. The predicted molar refractivity (Wildman–Crippen MR) is 96.1 cm³/mol. The average molecular weight is 409 g/mol. The third-order valence-corrected chi connectivity index (χ3v) is 4.61. The Kier molecular flexibility index (Phi) is 4.99. The summed E-state index contributed by atoms with van der Waals surface area (Å²) in [6.45, 7) is 1.79. The van der Waals surface area contributed by atoms with Crippen molar-refractivity contribution in [1.29, 1.82) is 0 Å². The van der Waals surface area contributed by atoms with Crippen LogP contribution in [-0.4, -0.2) is 47.2 Å². The number of carbonyl (C=O) groups is 1. The Balaban J connectivity index is 1.78. The number of pyridine rings is 1. The molecule has 2 N–H and O–H groups in total. The monoisotopic (exact) mass is 409 g/mol. The normalized spacial score (nSPS) is 17.3. The number of nitrogen functional groups attached to an aromatic ring is 1. The second kappa shape index (κ2) is 7.47. The molecule has 2 aromatic rings. The van der Waals surface area contributed by atoms with Crippen molar-refractivity contribution in [3.8, 4) is 17.1 Å². The van der Waals surface area contributed by atoms with E-state index in [0.717, 1.165) is 25.1 Å². The van der Waals surface area contributed by atoms with Crippen LogP contribution in [0.5, 0.6) is 5.88 Å². The van der Waals surface area contributed by atoms with Gasteiger partial charge in [0.1, 0.15) is 5.82 Å². The smallest absolute Gasteiger partial charge is 0.407 e. The minimum absolute atomic E-state index is 0.0556. The lowest BCUT2D eigenvalue weighted by atomic mass is 10.1. The quantitative estimate of drug-likeness (QED) is 0.768. The van der Waals surface area contributed by atoms with Gasteiger partial charge in [-0.25, -0.2) is 9.97 Å². The summed E-state index contributed by atoms with van der Waals surface area (Å²) in [4.78, 5) is 26.1. The molecule has 1 saturated heterocycles. The third-order valence-electron chi connectivity index (χ3n) is 4.61. The Labute approximate surface area is 163 Å². The zero-order chi connectivity index (χ0) is 20.6. The number of rotatable bonds is 4. The maximum absolute atomic E-state index is 13.6. The highest BCUT2D eigenvalue weighted by Crippen LogP contribution is 2.38. The number of anilines is 2. The fraction of sp³-hybridized carbons (Fsp3) is 0.444. The zero-order valence-electron chi connectivity index (χ0n) is 15.3. The Bertz CT molecular complexity index is 927. The van der Waals surface area contributed by atoms with Crippen molar-refractivity contribution in [2.24, 2.45) is 5.92 Å². The minimum atomic E-state index is -4.67. The fourth-order valence-electron chi connectivity index (χ4n) is 2.92. The van der Waals surface area contributed by atoms with E-state index < -0.39 is 17.7 Å². The molecule has 3 heterocycles. The van der Waals surface area contributed by atoms with Gasteiger partial charge in [0.15, 0.2) is 0 Å². The number of hydrogen-bond donors (Lipinski definition) is 1. The van der Waals surface area contributed by atoms with Crippen LogP contribution in [0.2, 0.25) is 0 Å². The van der Waals surface area contributed by atoms with Crippen LogP contribution in [0.25, 0.3) is 11.3 Å². The van der Waals surface area contributed by atoms with Gasteiger partial charge in [0.2, 0.25) is 11.8 Å². The number of aromatic nitrogens is 3. The number of alkyl halides is 3. The SMILES string of the molecule is Nc1cc(C(F)(F)F)c(-c2cc(OC(=O)C3CC3)nc(N3CCOCC3)n2)cn1. The van der Waals surface area contributed by atoms with Gasteiger partial charge in [-0.15, -0.1) is 0 Å². The molecule has 0 unspecified atom stereocenters. The molecule has 0 amide bonds. The molecule has 8 nitrogen and oxygen atoms in total. The Morgan fingerprint density at radius 3 is 2.59 bits per heavy atom. The van der Waals surface area contributed by atoms with Gasteiger partial charge in [-0.1, -0.05) is 0 Å². The van der Waals surface area contributed by atoms with Crippen molar-refractivity contribution < 1.29 is 27.4 Å². The summed E-state index contributed by atoms with van der Waals surface area (Å²) in [5.41, 5.74) is 4.15. The topological polar surface area (TPSA) is 103 Å². The van der Waals surface area contributed by atoms with Crippen molar-refractivity contribution in [2.45, 2.75) is 19.0 Å². The number of carbonyl (C=O) groups excluding carboxylic acids is 1. The molecular weight excluding hydrogens is 391 g/mol. The molecule has 1 saturated carbocycles. The molecule has 0 bridgehead atoms. The summed E-state index contributed by atoms with van der Waals surface area (Å²) in [7, 11) is 0. The highest BCUT2D eigenvalue weighted by Gasteiger charge is 2.36. The molecule has 11 heteroatoms. The van der Waals surface area contributed by atoms with Gasteiger partial charge < -0.3 is 20.1 Å². The van der Waals surface area contributed by atoms with Crippen molar-refractivity contribution >= 4 is 17.7 Å². The number of nitrogens with zero attached hydrogens (tertiary/aromatic N) is 4. The summed E-state index contributed by atoms with van der Waals surface area (Å²) in [5.74, 6) is -0.838. The summed E-state index contributed by atoms with van der Waals surface area (Å²) in [5, 5.41) is 0. The van der Waals surface area contributed by atoms with Gasteiger partial charge in [-0.05, 0) is 18.9 Å². The first kappa shape index (κ1) is 19.4. The summed E-state index contributed by atoms with van der Waals surface area (Å²) < 4.78 is 51.3. The molecule has 154 valence electrons. The van der Waals surface area contributed by atoms with Gasteiger partial charge in [0, 0.05) is 30.9 Å². The molecule has 0 atom stereocenters. The number of nitrogens with two attached hydrogens (primary N) is 1. The van der Waals surface area contributed by atoms with Crippen LogP contribution < -0.4 is 15.4 Å². The van der Waals surface area contributed by atoms with Crippen LogP contribution >= 0.6 is 0 Å². The molecule has 2 aliphatic rings. The minimum Gasteiger partial charge on any atom is -0.407 e. The maximum Gasteiger partial charge on any atom is 0.417 e. The zero-order valence-corrected chi connectivity index (χ0v) is 15.3. The fourth-order valence-corrected chi connectivity index (χ4v) is 2.92. The first-order valence-electron chi connectivity index (χ1n) is 9.08. The summed E-state index contributed by atoms with van der Waals surface area (Å²) in [6, 6.07) is 1.97. The number of hydrogen-bond acceptors (Lipinski definition) is 8. The second-order valence-electron chi connectivity index (χ2n) is 6.84. The Hall–Kier alpha value is -2.95. The summed E-state index contributed by atoms with van der Waals surface area (Å²) >= 11 is 0. The Morgan fingerprint density at radius 2 is 1.93 bits per heavy atom. The molecule has 0 spiro atoms. The lowest BCUT2D eigenvalue weighted by molar-refractivity contribution is -0.137. The number of halogens is 3. The Morgan fingerprint density at radius 1 is 1.21 bits per heavy atom. The van der Waals surface area contributed by atoms with Crippen LogP contribution in [0, 0.1) is 5.92 Å². The number of morpholine rings is 1. The van der Waals surface area contributed by atoms with E-state index in [9.17, 15) is 18.0 Å². The molecule has 0 radical (unpaired) electrons. The van der Waals surface area contributed by atoms with Crippen molar-refractivity contribution in [2.75, 3.05) is 36.9 Å². The maximum atomic E-state index is 13.6. The van der Waals surface area contributed by atoms with E-state index in [0.29, 0.717) is 26.3 Å². The third kappa shape index (κ3) is 4.39. The van der Waals surface area contributed by atoms with Crippen LogP contribution in [0.1, 0.15) is 18.4 Å². The van der Waals surface area contributed by atoms with Crippen LogP contribution in [-0.2, 0) is 15.7 Å². The molecule has 2 fully saturated rings. The summed E-state index contributed by atoms with van der Waals surface area (Å²) in [6.07, 6.45) is -2.20. The van der Waals surface area contributed by atoms with Gasteiger partial charge >= 0.3 is 12.1 Å².